The first kappa shape index (κ1) is 21.3. The molecule has 7 heteroatoms. The molecule has 2 heterocycles. The van der Waals surface area contributed by atoms with Gasteiger partial charge < -0.3 is 24.7 Å². The smallest absolute Gasteiger partial charge is 0.243 e. The Morgan fingerprint density at radius 3 is 2.74 bits per heavy atom. The van der Waals surface area contributed by atoms with Crippen LogP contribution < -0.4 is 15.4 Å². The molecule has 2 aliphatic rings. The van der Waals surface area contributed by atoms with Crippen molar-refractivity contribution in [2.45, 2.75) is 50.2 Å². The van der Waals surface area contributed by atoms with Gasteiger partial charge in [-0.15, -0.1) is 0 Å². The van der Waals surface area contributed by atoms with Crippen molar-refractivity contribution in [1.29, 1.82) is 0 Å². The van der Waals surface area contributed by atoms with E-state index in [0.29, 0.717) is 12.5 Å². The van der Waals surface area contributed by atoms with Crippen LogP contribution in [0.5, 0.6) is 5.75 Å². The summed E-state index contributed by atoms with van der Waals surface area (Å²) in [7, 11) is 3.49. The summed E-state index contributed by atoms with van der Waals surface area (Å²) in [5, 5.41) is 6.97. The van der Waals surface area contributed by atoms with Gasteiger partial charge >= 0.3 is 0 Å². The van der Waals surface area contributed by atoms with Gasteiger partial charge in [-0.05, 0) is 43.9 Å². The molecule has 1 unspecified atom stereocenters. The van der Waals surface area contributed by atoms with Crippen molar-refractivity contribution in [3.63, 3.8) is 0 Å². The van der Waals surface area contributed by atoms with Gasteiger partial charge in [0, 0.05) is 39.0 Å². The zero-order valence-corrected chi connectivity index (χ0v) is 18.4. The number of aliphatic imine (C=N–C) groups is 1. The fraction of sp³-hybridized carbons (Fsp3) is 0.500. The standard InChI is InChI=1S/C24H32N4O3/c1-28(2)22(29)17-26-23(25-14-11-18-8-7-15-30-18)27-20-16-24(12-5-6-13-24)31-21-10-4-3-9-19(20)21/h3-4,7-10,15,20H,5-6,11-14,16-17H2,1-2H3,(H2,25,26,27). The third kappa shape index (κ3) is 5.21. The van der Waals surface area contributed by atoms with Crippen LogP contribution in [-0.4, -0.2) is 49.6 Å². The van der Waals surface area contributed by atoms with E-state index in [0.717, 1.165) is 42.8 Å². The van der Waals surface area contributed by atoms with Crippen molar-refractivity contribution >= 4 is 11.9 Å². The molecule has 1 aliphatic heterocycles. The Hall–Kier alpha value is -2.96. The fourth-order valence-corrected chi connectivity index (χ4v) is 4.44. The molecule has 0 saturated heterocycles. The van der Waals surface area contributed by atoms with E-state index in [9.17, 15) is 4.79 Å². The zero-order chi connectivity index (χ0) is 21.7. The average Bonchev–Trinajstić information content (AvgIpc) is 3.44. The fourth-order valence-electron chi connectivity index (χ4n) is 4.44. The van der Waals surface area contributed by atoms with E-state index in [-0.39, 0.29) is 24.1 Å². The van der Waals surface area contributed by atoms with E-state index in [1.807, 2.05) is 24.3 Å². The van der Waals surface area contributed by atoms with Crippen LogP contribution >= 0.6 is 0 Å². The number of nitrogens with zero attached hydrogens (tertiary/aromatic N) is 2. The molecule has 1 aromatic carbocycles. The van der Waals surface area contributed by atoms with E-state index in [2.05, 4.69) is 27.8 Å². The van der Waals surface area contributed by atoms with E-state index in [1.165, 1.54) is 12.8 Å². The summed E-state index contributed by atoms with van der Waals surface area (Å²) in [5.41, 5.74) is 1.03. The molecule has 1 amide bonds. The lowest BCUT2D eigenvalue weighted by molar-refractivity contribution is -0.127. The molecule has 1 saturated carbocycles. The number of carbonyl (C=O) groups is 1. The molecule has 0 radical (unpaired) electrons. The van der Waals surface area contributed by atoms with Crippen molar-refractivity contribution in [1.82, 2.24) is 15.5 Å². The summed E-state index contributed by atoms with van der Waals surface area (Å²) in [6.07, 6.45) is 7.88. The number of nitrogens with one attached hydrogen (secondary N) is 2. The van der Waals surface area contributed by atoms with E-state index in [4.69, 9.17) is 9.15 Å². The number of hydrogen-bond donors (Lipinski definition) is 2. The molecule has 166 valence electrons. The molecule has 0 bridgehead atoms. The van der Waals surface area contributed by atoms with Crippen LogP contribution in [0.1, 0.15) is 49.5 Å². The molecule has 2 aromatic rings. The minimum atomic E-state index is -0.106. The molecule has 4 rings (SSSR count). The van der Waals surface area contributed by atoms with Crippen LogP contribution in [-0.2, 0) is 11.2 Å². The Morgan fingerprint density at radius 2 is 2.00 bits per heavy atom. The van der Waals surface area contributed by atoms with E-state index >= 15 is 0 Å². The average molecular weight is 425 g/mol. The first-order valence-electron chi connectivity index (χ1n) is 11.1. The lowest BCUT2D eigenvalue weighted by Crippen LogP contribution is -2.47. The summed E-state index contributed by atoms with van der Waals surface area (Å²) < 4.78 is 11.9. The van der Waals surface area contributed by atoms with Crippen molar-refractivity contribution in [2.75, 3.05) is 27.2 Å². The van der Waals surface area contributed by atoms with Crippen LogP contribution in [0.4, 0.5) is 0 Å². The van der Waals surface area contributed by atoms with Crippen molar-refractivity contribution in [3.05, 3.63) is 54.0 Å². The van der Waals surface area contributed by atoms with E-state index < -0.39 is 0 Å². The molecule has 1 aromatic heterocycles. The van der Waals surface area contributed by atoms with E-state index in [1.54, 1.807) is 25.3 Å². The zero-order valence-electron chi connectivity index (χ0n) is 18.4. The Balaban J connectivity index is 1.51. The predicted octanol–water partition coefficient (Wildman–Crippen LogP) is 3.28. The molecular formula is C24H32N4O3. The largest absolute Gasteiger partial charge is 0.487 e. The molecule has 1 atom stereocenters. The third-order valence-corrected chi connectivity index (χ3v) is 6.14. The summed E-state index contributed by atoms with van der Waals surface area (Å²) in [5.74, 6) is 2.47. The number of para-hydroxylation sites is 1. The number of likely N-dealkylation sites (N-methyl/N-ethyl adjacent to an activating group) is 1. The molecule has 2 N–H and O–H groups in total. The highest BCUT2D eigenvalue weighted by Gasteiger charge is 2.43. The summed E-state index contributed by atoms with van der Waals surface area (Å²) >= 11 is 0. The van der Waals surface area contributed by atoms with Gasteiger partial charge in [0.15, 0.2) is 5.96 Å². The highest BCUT2D eigenvalue weighted by Crippen LogP contribution is 2.46. The van der Waals surface area contributed by atoms with Crippen molar-refractivity contribution in [3.8, 4) is 5.75 Å². The summed E-state index contributed by atoms with van der Waals surface area (Å²) in [4.78, 5) is 18.3. The van der Waals surface area contributed by atoms with Gasteiger partial charge in [-0.25, -0.2) is 4.99 Å². The number of ether oxygens (including phenoxy) is 1. The number of carbonyl (C=O) groups excluding carboxylic acids is 1. The van der Waals surface area contributed by atoms with Gasteiger partial charge in [0.1, 0.15) is 23.7 Å². The summed E-state index contributed by atoms with van der Waals surface area (Å²) in [6.45, 7) is 0.755. The molecule has 7 nitrogen and oxygen atoms in total. The normalized spacial score (nSPS) is 19.5. The first-order valence-corrected chi connectivity index (χ1v) is 11.1. The number of guanidine groups is 1. The topological polar surface area (TPSA) is 79.1 Å². The maximum absolute atomic E-state index is 12.1. The molecule has 1 fully saturated rings. The highest BCUT2D eigenvalue weighted by molar-refractivity contribution is 5.85. The first-order chi connectivity index (χ1) is 15.0. The van der Waals surface area contributed by atoms with Gasteiger partial charge in [-0.2, -0.15) is 0 Å². The minimum Gasteiger partial charge on any atom is -0.487 e. The minimum absolute atomic E-state index is 0.0354. The summed E-state index contributed by atoms with van der Waals surface area (Å²) in [6, 6.07) is 12.2. The number of furan rings is 1. The molecular weight excluding hydrogens is 392 g/mol. The second-order valence-corrected chi connectivity index (χ2v) is 8.64. The third-order valence-electron chi connectivity index (χ3n) is 6.14. The second-order valence-electron chi connectivity index (χ2n) is 8.64. The van der Waals surface area contributed by atoms with Crippen molar-refractivity contribution in [2.24, 2.45) is 4.99 Å². The van der Waals surface area contributed by atoms with Gasteiger partial charge in [0.25, 0.3) is 0 Å². The number of rotatable bonds is 6. The molecule has 1 aliphatic carbocycles. The number of fused-ring (bicyclic) bond motifs is 1. The quantitative estimate of drug-likeness (QED) is 0.550. The highest BCUT2D eigenvalue weighted by atomic mass is 16.5. The van der Waals surface area contributed by atoms with Crippen LogP contribution in [0.3, 0.4) is 0 Å². The maximum atomic E-state index is 12.1. The Kier molecular flexibility index (Phi) is 6.49. The van der Waals surface area contributed by atoms with Crippen molar-refractivity contribution < 1.29 is 13.9 Å². The van der Waals surface area contributed by atoms with Gasteiger partial charge in [0.2, 0.25) is 5.91 Å². The van der Waals surface area contributed by atoms with Crippen LogP contribution in [0.15, 0.2) is 52.1 Å². The Bertz CT molecular complexity index is 901. The number of hydrogen-bond acceptors (Lipinski definition) is 4. The predicted molar refractivity (Wildman–Crippen MR) is 120 cm³/mol. The van der Waals surface area contributed by atoms with Crippen LogP contribution in [0.25, 0.3) is 0 Å². The Labute approximate surface area is 183 Å². The lowest BCUT2D eigenvalue weighted by Gasteiger charge is -2.40. The van der Waals surface area contributed by atoms with Gasteiger partial charge in [-0.3, -0.25) is 4.79 Å². The SMILES string of the molecule is CN(C)C(=O)CN=C(NCCc1ccco1)NC1CC2(CCCC2)Oc2ccccc21. The second kappa shape index (κ2) is 9.45. The lowest BCUT2D eigenvalue weighted by atomic mass is 9.86. The molecule has 1 spiro atoms. The number of benzene rings is 1. The van der Waals surface area contributed by atoms with Gasteiger partial charge in [-0.1, -0.05) is 18.2 Å². The van der Waals surface area contributed by atoms with Gasteiger partial charge in [0.05, 0.1) is 12.3 Å². The Morgan fingerprint density at radius 1 is 1.19 bits per heavy atom. The molecule has 31 heavy (non-hydrogen) atoms. The maximum Gasteiger partial charge on any atom is 0.243 e. The van der Waals surface area contributed by atoms with Crippen LogP contribution in [0, 0.1) is 0 Å². The monoisotopic (exact) mass is 424 g/mol. The van der Waals surface area contributed by atoms with Crippen LogP contribution in [0.2, 0.25) is 0 Å². The number of amides is 1.